The second-order valence-corrected chi connectivity index (χ2v) is 7.83. The summed E-state index contributed by atoms with van der Waals surface area (Å²) in [5, 5.41) is 10.3. The van der Waals surface area contributed by atoms with E-state index in [4.69, 9.17) is 4.98 Å². The van der Waals surface area contributed by atoms with E-state index in [1.165, 1.54) is 59.8 Å². The van der Waals surface area contributed by atoms with Crippen LogP contribution in [0.25, 0.3) is 54.3 Å². The number of hydrogen-bond acceptors (Lipinski definition) is 1. The van der Waals surface area contributed by atoms with Crippen molar-refractivity contribution in [3.05, 3.63) is 90.1 Å². The summed E-state index contributed by atoms with van der Waals surface area (Å²) < 4.78 is 0. The van der Waals surface area contributed by atoms with Crippen molar-refractivity contribution in [3.63, 3.8) is 0 Å². The molecule has 0 amide bonds. The molecule has 0 radical (unpaired) electrons. The van der Waals surface area contributed by atoms with Gasteiger partial charge in [-0.25, -0.2) is 0 Å². The van der Waals surface area contributed by atoms with E-state index < -0.39 is 0 Å². The molecule has 5 aromatic carbocycles. The molecule has 6 rings (SSSR count). The summed E-state index contributed by atoms with van der Waals surface area (Å²) in [6.07, 6.45) is 2.07. The highest BCUT2D eigenvalue weighted by atomic mass is 14.7. The fraction of sp³-hybridized carbons (Fsp3) is 0.0741. The first-order valence-electron chi connectivity index (χ1n) is 9.73. The fourth-order valence-corrected chi connectivity index (χ4v) is 4.86. The molecule has 0 unspecified atom stereocenters. The predicted molar refractivity (Wildman–Crippen MR) is 120 cm³/mol. The molecular weight excluding hydrogens is 338 g/mol. The summed E-state index contributed by atoms with van der Waals surface area (Å²) >= 11 is 0. The minimum Gasteiger partial charge on any atom is -0.255 e. The Morgan fingerprint density at radius 1 is 0.571 bits per heavy atom. The Kier molecular flexibility index (Phi) is 3.08. The molecule has 0 saturated heterocycles. The SMILES string of the molecule is Cc1cc(C)cc(-c2ncc3c4cccc5cccc(c6cccc2c63)c54)c1. The molecule has 0 atom stereocenters. The van der Waals surface area contributed by atoms with Crippen LogP contribution in [0.3, 0.4) is 0 Å². The highest BCUT2D eigenvalue weighted by Gasteiger charge is 2.15. The van der Waals surface area contributed by atoms with Gasteiger partial charge in [0, 0.05) is 27.9 Å². The molecule has 0 N–H and O–H groups in total. The normalized spacial score (nSPS) is 11.9. The highest BCUT2D eigenvalue weighted by Crippen LogP contribution is 2.42. The average molecular weight is 357 g/mol. The molecule has 1 heterocycles. The van der Waals surface area contributed by atoms with Crippen LogP contribution in [0.5, 0.6) is 0 Å². The van der Waals surface area contributed by atoms with Crippen LogP contribution in [0, 0.1) is 13.8 Å². The summed E-state index contributed by atoms with van der Waals surface area (Å²) in [5.74, 6) is 0. The van der Waals surface area contributed by atoms with E-state index in [-0.39, 0.29) is 0 Å². The van der Waals surface area contributed by atoms with Gasteiger partial charge in [-0.2, -0.15) is 0 Å². The molecule has 28 heavy (non-hydrogen) atoms. The molecule has 6 aromatic rings. The largest absolute Gasteiger partial charge is 0.255 e. The quantitative estimate of drug-likeness (QED) is 0.220. The van der Waals surface area contributed by atoms with Crippen LogP contribution in [0.2, 0.25) is 0 Å². The van der Waals surface area contributed by atoms with Crippen LogP contribution in [0.4, 0.5) is 0 Å². The third kappa shape index (κ3) is 2.05. The van der Waals surface area contributed by atoms with Gasteiger partial charge in [-0.3, -0.25) is 4.98 Å². The van der Waals surface area contributed by atoms with Crippen molar-refractivity contribution in [2.75, 3.05) is 0 Å². The van der Waals surface area contributed by atoms with Gasteiger partial charge in [-0.1, -0.05) is 71.8 Å². The van der Waals surface area contributed by atoms with Crippen LogP contribution >= 0.6 is 0 Å². The van der Waals surface area contributed by atoms with E-state index in [0.717, 1.165) is 5.69 Å². The zero-order valence-electron chi connectivity index (χ0n) is 16.0. The maximum atomic E-state index is 4.97. The minimum atomic E-state index is 1.07. The first-order chi connectivity index (χ1) is 13.7. The standard InChI is InChI=1S/C27H19N/c1-16-12-17(2)14-19(13-16)27-23-11-5-10-21-20-8-3-6-18-7-4-9-22(25(18)20)24(15-28-27)26(21)23/h3-15H,1-2H3. The number of rotatable bonds is 1. The van der Waals surface area contributed by atoms with Gasteiger partial charge in [-0.15, -0.1) is 0 Å². The molecule has 1 aromatic heterocycles. The highest BCUT2D eigenvalue weighted by molar-refractivity contribution is 6.33. The van der Waals surface area contributed by atoms with Crippen LogP contribution in [0.1, 0.15) is 11.1 Å². The van der Waals surface area contributed by atoms with Gasteiger partial charge < -0.3 is 0 Å². The Hall–Kier alpha value is -3.45. The monoisotopic (exact) mass is 357 g/mol. The molecule has 132 valence electrons. The Labute approximate surface area is 163 Å². The summed E-state index contributed by atoms with van der Waals surface area (Å²) in [6, 6.07) is 26.5. The van der Waals surface area contributed by atoms with E-state index >= 15 is 0 Å². The van der Waals surface area contributed by atoms with E-state index in [1.54, 1.807) is 0 Å². The Bertz CT molecular complexity index is 1450. The number of aryl methyl sites for hydroxylation is 2. The fourth-order valence-electron chi connectivity index (χ4n) is 4.86. The lowest BCUT2D eigenvalue weighted by molar-refractivity contribution is 1.34. The van der Waals surface area contributed by atoms with E-state index in [2.05, 4.69) is 92.8 Å². The summed E-state index contributed by atoms with van der Waals surface area (Å²) in [7, 11) is 0. The zero-order valence-corrected chi connectivity index (χ0v) is 16.0. The van der Waals surface area contributed by atoms with Gasteiger partial charge in [0.05, 0.1) is 5.69 Å². The predicted octanol–water partition coefficient (Wildman–Crippen LogP) is 7.42. The molecule has 0 saturated carbocycles. The Balaban J connectivity index is 1.85. The van der Waals surface area contributed by atoms with Crippen molar-refractivity contribution in [3.8, 4) is 11.3 Å². The zero-order chi connectivity index (χ0) is 18.8. The lowest BCUT2D eigenvalue weighted by Gasteiger charge is -2.16. The molecule has 0 aliphatic heterocycles. The summed E-state index contributed by atoms with van der Waals surface area (Å²) in [6.45, 7) is 4.30. The minimum absolute atomic E-state index is 1.07. The molecule has 0 aliphatic rings. The first kappa shape index (κ1) is 15.6. The maximum Gasteiger partial charge on any atom is 0.0781 e. The third-order valence-corrected chi connectivity index (χ3v) is 5.89. The number of fused-ring (bicyclic) bond motifs is 2. The number of nitrogens with zero attached hydrogens (tertiary/aromatic N) is 1. The van der Waals surface area contributed by atoms with Crippen molar-refractivity contribution < 1.29 is 0 Å². The molecular formula is C27H19N. The van der Waals surface area contributed by atoms with E-state index in [1.807, 2.05) is 0 Å². The van der Waals surface area contributed by atoms with Gasteiger partial charge in [0.25, 0.3) is 0 Å². The number of aromatic nitrogens is 1. The lowest BCUT2D eigenvalue weighted by Crippen LogP contribution is -1.92. The van der Waals surface area contributed by atoms with Crippen molar-refractivity contribution in [1.82, 2.24) is 4.98 Å². The Morgan fingerprint density at radius 3 is 1.86 bits per heavy atom. The van der Waals surface area contributed by atoms with Crippen molar-refractivity contribution in [1.29, 1.82) is 0 Å². The topological polar surface area (TPSA) is 12.9 Å². The second-order valence-electron chi connectivity index (χ2n) is 7.83. The third-order valence-electron chi connectivity index (χ3n) is 5.89. The molecule has 0 bridgehead atoms. The van der Waals surface area contributed by atoms with E-state index in [0.29, 0.717) is 0 Å². The van der Waals surface area contributed by atoms with Crippen molar-refractivity contribution >= 4 is 43.1 Å². The molecule has 0 fully saturated rings. The molecule has 1 nitrogen and oxygen atoms in total. The smallest absolute Gasteiger partial charge is 0.0781 e. The number of pyridine rings is 1. The number of benzene rings is 5. The molecule has 0 aliphatic carbocycles. The van der Waals surface area contributed by atoms with Crippen LogP contribution in [-0.4, -0.2) is 4.98 Å². The first-order valence-corrected chi connectivity index (χ1v) is 9.73. The maximum absolute atomic E-state index is 4.97. The molecule has 0 spiro atoms. The van der Waals surface area contributed by atoms with Crippen LogP contribution in [-0.2, 0) is 0 Å². The van der Waals surface area contributed by atoms with Gasteiger partial charge >= 0.3 is 0 Å². The van der Waals surface area contributed by atoms with Crippen LogP contribution in [0.15, 0.2) is 79.0 Å². The number of hydrogen-bond donors (Lipinski definition) is 0. The summed E-state index contributed by atoms with van der Waals surface area (Å²) in [4.78, 5) is 4.97. The van der Waals surface area contributed by atoms with Crippen molar-refractivity contribution in [2.24, 2.45) is 0 Å². The summed E-state index contributed by atoms with van der Waals surface area (Å²) in [5.41, 5.74) is 4.80. The van der Waals surface area contributed by atoms with Gasteiger partial charge in [0.2, 0.25) is 0 Å². The van der Waals surface area contributed by atoms with Crippen LogP contribution < -0.4 is 0 Å². The second kappa shape index (κ2) is 5.53. The lowest BCUT2D eigenvalue weighted by atomic mass is 9.89. The van der Waals surface area contributed by atoms with Gasteiger partial charge in [0.15, 0.2) is 0 Å². The average Bonchev–Trinajstić information content (AvgIpc) is 2.70. The van der Waals surface area contributed by atoms with Crippen molar-refractivity contribution in [2.45, 2.75) is 13.8 Å². The Morgan fingerprint density at radius 2 is 1.14 bits per heavy atom. The van der Waals surface area contributed by atoms with Gasteiger partial charge in [0.1, 0.15) is 0 Å². The molecule has 1 heteroatoms. The van der Waals surface area contributed by atoms with E-state index in [9.17, 15) is 0 Å². The van der Waals surface area contributed by atoms with Gasteiger partial charge in [-0.05, 0) is 52.9 Å².